The van der Waals surface area contributed by atoms with Gasteiger partial charge in [-0.15, -0.1) is 0 Å². The predicted octanol–water partition coefficient (Wildman–Crippen LogP) is -0.457. The van der Waals surface area contributed by atoms with Crippen molar-refractivity contribution in [3.63, 3.8) is 0 Å². The Morgan fingerprint density at radius 2 is 1.48 bits per heavy atom. The standard InChI is InChI=1S/C19H31N5O5S2/c1-4-20-30(26,27)17-6-5-16(2)18(15-17)19(25)22-9-13-24(14-10-22)31(28,29)23-11-7-21(3)8-12-23/h5-6,15,20H,4,7-14H2,1-3H3. The molecule has 2 fully saturated rings. The second-order valence-corrected chi connectivity index (χ2v) is 11.6. The lowest BCUT2D eigenvalue weighted by molar-refractivity contribution is 0.0691. The number of hydrogen-bond donors (Lipinski definition) is 1. The molecule has 0 bridgehead atoms. The second kappa shape index (κ2) is 9.51. The highest BCUT2D eigenvalue weighted by Gasteiger charge is 2.35. The van der Waals surface area contributed by atoms with E-state index in [9.17, 15) is 21.6 Å². The molecule has 0 aromatic heterocycles. The number of amides is 1. The average molecular weight is 474 g/mol. The minimum Gasteiger partial charge on any atom is -0.336 e. The molecular formula is C19H31N5O5S2. The van der Waals surface area contributed by atoms with Crippen molar-refractivity contribution in [1.82, 2.24) is 23.1 Å². The molecule has 31 heavy (non-hydrogen) atoms. The van der Waals surface area contributed by atoms with E-state index in [2.05, 4.69) is 9.62 Å². The number of nitrogens with one attached hydrogen (secondary N) is 1. The number of carbonyl (C=O) groups is 1. The lowest BCUT2D eigenvalue weighted by Crippen LogP contribution is -2.57. The normalized spacial score (nSPS) is 20.2. The van der Waals surface area contributed by atoms with Gasteiger partial charge in [-0.1, -0.05) is 13.0 Å². The summed E-state index contributed by atoms with van der Waals surface area (Å²) in [7, 11) is -5.26. The first-order chi connectivity index (χ1) is 14.6. The Bertz CT molecular complexity index is 1010. The van der Waals surface area contributed by atoms with Crippen molar-refractivity contribution in [1.29, 1.82) is 0 Å². The monoisotopic (exact) mass is 473 g/mol. The Morgan fingerprint density at radius 1 is 0.935 bits per heavy atom. The van der Waals surface area contributed by atoms with E-state index in [1.165, 1.54) is 20.7 Å². The van der Waals surface area contributed by atoms with Gasteiger partial charge in [-0.25, -0.2) is 13.1 Å². The van der Waals surface area contributed by atoms with Gasteiger partial charge in [-0.2, -0.15) is 17.0 Å². The summed E-state index contributed by atoms with van der Waals surface area (Å²) in [5.41, 5.74) is 0.988. The van der Waals surface area contributed by atoms with Crippen molar-refractivity contribution in [3.05, 3.63) is 29.3 Å². The number of carbonyl (C=O) groups excluding carboxylic acids is 1. The van der Waals surface area contributed by atoms with Gasteiger partial charge in [0.15, 0.2) is 0 Å². The smallest absolute Gasteiger partial charge is 0.282 e. The fourth-order valence-corrected chi connectivity index (χ4v) is 6.39. The lowest BCUT2D eigenvalue weighted by atomic mass is 10.1. The zero-order chi connectivity index (χ0) is 22.8. The van der Waals surface area contributed by atoms with Crippen LogP contribution in [0.3, 0.4) is 0 Å². The number of sulfonamides is 1. The molecule has 1 aromatic rings. The molecular weight excluding hydrogens is 442 g/mol. The highest BCUT2D eigenvalue weighted by atomic mass is 32.2. The molecule has 174 valence electrons. The topological polar surface area (TPSA) is 110 Å². The van der Waals surface area contributed by atoms with Crippen molar-refractivity contribution in [3.8, 4) is 0 Å². The summed E-state index contributed by atoms with van der Waals surface area (Å²) >= 11 is 0. The first kappa shape index (κ1) is 24.1. The molecule has 0 spiro atoms. The number of benzene rings is 1. The van der Waals surface area contributed by atoms with Crippen molar-refractivity contribution in [2.75, 3.05) is 66.0 Å². The van der Waals surface area contributed by atoms with Gasteiger partial charge in [-0.05, 0) is 31.7 Å². The number of nitrogens with zero attached hydrogens (tertiary/aromatic N) is 4. The average Bonchev–Trinajstić information content (AvgIpc) is 2.74. The van der Waals surface area contributed by atoms with Gasteiger partial charge >= 0.3 is 0 Å². The summed E-state index contributed by atoms with van der Waals surface area (Å²) in [5.74, 6) is -0.289. The van der Waals surface area contributed by atoms with Gasteiger partial charge in [0, 0.05) is 64.5 Å². The van der Waals surface area contributed by atoms with Crippen LogP contribution in [0.1, 0.15) is 22.8 Å². The predicted molar refractivity (Wildman–Crippen MR) is 118 cm³/mol. The van der Waals surface area contributed by atoms with Gasteiger partial charge in [0.25, 0.3) is 16.1 Å². The van der Waals surface area contributed by atoms with Crippen molar-refractivity contribution < 1.29 is 21.6 Å². The largest absolute Gasteiger partial charge is 0.336 e. The van der Waals surface area contributed by atoms with Crippen LogP contribution in [-0.4, -0.2) is 107 Å². The quantitative estimate of drug-likeness (QED) is 0.599. The SMILES string of the molecule is CCNS(=O)(=O)c1ccc(C)c(C(=O)N2CCN(S(=O)(=O)N3CCN(C)CC3)CC2)c1. The molecule has 2 aliphatic rings. The highest BCUT2D eigenvalue weighted by molar-refractivity contribution is 7.89. The zero-order valence-corrected chi connectivity index (χ0v) is 19.9. The van der Waals surface area contributed by atoms with Crippen LogP contribution in [0.2, 0.25) is 0 Å². The maximum Gasteiger partial charge on any atom is 0.282 e. The van der Waals surface area contributed by atoms with Crippen LogP contribution >= 0.6 is 0 Å². The molecule has 3 rings (SSSR count). The van der Waals surface area contributed by atoms with Gasteiger partial charge in [-0.3, -0.25) is 4.79 Å². The summed E-state index contributed by atoms with van der Waals surface area (Å²) in [6.07, 6.45) is 0. The van der Waals surface area contributed by atoms with Crippen LogP contribution < -0.4 is 4.72 Å². The van der Waals surface area contributed by atoms with Gasteiger partial charge < -0.3 is 9.80 Å². The van der Waals surface area contributed by atoms with E-state index in [-0.39, 0.29) is 43.5 Å². The fraction of sp³-hybridized carbons (Fsp3) is 0.632. The first-order valence-corrected chi connectivity index (χ1v) is 13.3. The Kier molecular flexibility index (Phi) is 7.39. The first-order valence-electron chi connectivity index (χ1n) is 10.4. The second-order valence-electron chi connectivity index (χ2n) is 7.88. The van der Waals surface area contributed by atoms with E-state index in [0.717, 1.165) is 0 Å². The molecule has 1 aromatic carbocycles. The van der Waals surface area contributed by atoms with E-state index in [4.69, 9.17) is 0 Å². The highest BCUT2D eigenvalue weighted by Crippen LogP contribution is 2.20. The van der Waals surface area contributed by atoms with Gasteiger partial charge in [0.05, 0.1) is 4.90 Å². The van der Waals surface area contributed by atoms with Crippen molar-refractivity contribution >= 4 is 26.1 Å². The molecule has 2 saturated heterocycles. The minimum atomic E-state index is -3.68. The lowest BCUT2D eigenvalue weighted by Gasteiger charge is -2.39. The molecule has 10 nitrogen and oxygen atoms in total. The Balaban J connectivity index is 1.69. The van der Waals surface area contributed by atoms with Crippen LogP contribution in [-0.2, 0) is 20.2 Å². The molecule has 1 amide bonds. The van der Waals surface area contributed by atoms with E-state index in [1.807, 2.05) is 7.05 Å². The fourth-order valence-electron chi connectivity index (χ4n) is 3.75. The molecule has 0 saturated carbocycles. The Morgan fingerprint density at radius 3 is 2.03 bits per heavy atom. The van der Waals surface area contributed by atoms with Crippen LogP contribution in [0.25, 0.3) is 0 Å². The van der Waals surface area contributed by atoms with Gasteiger partial charge in [0.1, 0.15) is 0 Å². The number of hydrogen-bond acceptors (Lipinski definition) is 6. The van der Waals surface area contributed by atoms with Crippen LogP contribution in [0, 0.1) is 6.92 Å². The molecule has 0 aliphatic carbocycles. The minimum absolute atomic E-state index is 0.0413. The van der Waals surface area contributed by atoms with E-state index in [1.54, 1.807) is 24.8 Å². The molecule has 2 aliphatic heterocycles. The summed E-state index contributed by atoms with van der Waals surface area (Å²) in [6, 6.07) is 4.49. The van der Waals surface area contributed by atoms with E-state index >= 15 is 0 Å². The maximum absolute atomic E-state index is 13.1. The third-order valence-electron chi connectivity index (χ3n) is 5.72. The summed E-state index contributed by atoms with van der Waals surface area (Å²) in [4.78, 5) is 16.8. The molecule has 1 N–H and O–H groups in total. The third kappa shape index (κ3) is 5.26. The number of likely N-dealkylation sites (N-methyl/N-ethyl adjacent to an activating group) is 1. The molecule has 0 unspecified atom stereocenters. The van der Waals surface area contributed by atoms with Crippen LogP contribution in [0.4, 0.5) is 0 Å². The summed E-state index contributed by atoms with van der Waals surface area (Å²) in [5, 5.41) is 0. The third-order valence-corrected chi connectivity index (χ3v) is 9.30. The zero-order valence-electron chi connectivity index (χ0n) is 18.2. The summed E-state index contributed by atoms with van der Waals surface area (Å²) < 4.78 is 55.8. The van der Waals surface area contributed by atoms with Crippen LogP contribution in [0.15, 0.2) is 23.1 Å². The summed E-state index contributed by atoms with van der Waals surface area (Å²) in [6.45, 7) is 6.97. The van der Waals surface area contributed by atoms with Gasteiger partial charge in [0.2, 0.25) is 10.0 Å². The van der Waals surface area contributed by atoms with E-state index in [0.29, 0.717) is 37.3 Å². The van der Waals surface area contributed by atoms with Crippen LogP contribution in [0.5, 0.6) is 0 Å². The van der Waals surface area contributed by atoms with Crippen molar-refractivity contribution in [2.24, 2.45) is 0 Å². The number of piperazine rings is 2. The molecule has 0 atom stereocenters. The molecule has 12 heteroatoms. The number of aryl methyl sites for hydroxylation is 1. The Hall–Kier alpha value is -1.57. The number of rotatable bonds is 6. The van der Waals surface area contributed by atoms with E-state index < -0.39 is 20.2 Å². The molecule has 0 radical (unpaired) electrons. The maximum atomic E-state index is 13.1. The molecule has 2 heterocycles. The Labute approximate surface area is 185 Å². The van der Waals surface area contributed by atoms with Crippen molar-refractivity contribution in [2.45, 2.75) is 18.7 Å².